The van der Waals surface area contributed by atoms with Gasteiger partial charge in [0.2, 0.25) is 0 Å². The van der Waals surface area contributed by atoms with Crippen LogP contribution in [0.5, 0.6) is 17.2 Å². The van der Waals surface area contributed by atoms with Crippen LogP contribution in [-0.2, 0) is 0 Å². The van der Waals surface area contributed by atoms with E-state index >= 15 is 0 Å². The Morgan fingerprint density at radius 3 is 2.68 bits per heavy atom. The third kappa shape index (κ3) is 4.98. The number of urea groups is 1. The summed E-state index contributed by atoms with van der Waals surface area (Å²) in [5, 5.41) is 12.5. The van der Waals surface area contributed by atoms with Gasteiger partial charge in [0, 0.05) is 30.3 Å². The number of fused-ring (bicyclic) bond motifs is 1. The number of benzene rings is 2. The molecule has 0 aliphatic rings. The lowest BCUT2D eigenvalue weighted by atomic mass is 10.1. The summed E-state index contributed by atoms with van der Waals surface area (Å²) in [6.07, 6.45) is 1.56. The van der Waals surface area contributed by atoms with Gasteiger partial charge in [0.25, 0.3) is 0 Å². The Balaban J connectivity index is 1.96. The number of halogens is 1. The number of carbonyl (C=O) groups excluding carboxylic acids is 2. The van der Waals surface area contributed by atoms with Crippen LogP contribution in [0.25, 0.3) is 10.9 Å². The Hall–Kier alpha value is -3.92. The molecule has 0 bridgehead atoms. The summed E-state index contributed by atoms with van der Waals surface area (Å²) in [6.45, 7) is 2.30. The van der Waals surface area contributed by atoms with Gasteiger partial charge in [0.15, 0.2) is 0 Å². The van der Waals surface area contributed by atoms with Crippen LogP contribution in [-0.4, -0.2) is 30.6 Å². The van der Waals surface area contributed by atoms with Crippen LogP contribution in [0.1, 0.15) is 17.3 Å². The van der Waals surface area contributed by atoms with Gasteiger partial charge in [-0.2, -0.15) is 0 Å². The van der Waals surface area contributed by atoms with Crippen LogP contribution in [0, 0.1) is 0 Å². The van der Waals surface area contributed by atoms with Crippen molar-refractivity contribution in [3.8, 4) is 17.2 Å². The molecule has 3 amide bonds. The highest BCUT2D eigenvalue weighted by molar-refractivity contribution is 6.33. The number of nitrogens with two attached hydrogens (primary N) is 1. The Kier molecular flexibility index (Phi) is 6.83. The third-order valence-electron chi connectivity index (χ3n) is 4.16. The summed E-state index contributed by atoms with van der Waals surface area (Å²) in [5.41, 5.74) is 1.13. The zero-order chi connectivity index (χ0) is 22.4. The number of methoxy groups -OCH3 is 1. The molecular weight excluding hydrogens is 424 g/mol. The molecule has 2 aromatic carbocycles. The maximum absolute atomic E-state index is 12.2. The SMILES string of the molecule is CCNC(=O)Nc1ccc(Oc2ccnc3cc(OC)c(C(=O)N=NN)cc23)cc1Cl. The summed E-state index contributed by atoms with van der Waals surface area (Å²) in [7, 11) is 1.43. The van der Waals surface area contributed by atoms with Gasteiger partial charge in [0.1, 0.15) is 17.2 Å². The molecule has 11 heteroatoms. The van der Waals surface area contributed by atoms with Crippen molar-refractivity contribution >= 4 is 40.1 Å². The van der Waals surface area contributed by atoms with Crippen molar-refractivity contribution in [2.75, 3.05) is 19.0 Å². The van der Waals surface area contributed by atoms with Gasteiger partial charge >= 0.3 is 11.9 Å². The van der Waals surface area contributed by atoms with Gasteiger partial charge in [0.05, 0.1) is 28.9 Å². The summed E-state index contributed by atoms with van der Waals surface area (Å²) in [4.78, 5) is 28.2. The predicted octanol–water partition coefficient (Wildman–Crippen LogP) is 4.30. The van der Waals surface area contributed by atoms with E-state index < -0.39 is 5.91 Å². The van der Waals surface area contributed by atoms with E-state index in [1.165, 1.54) is 7.11 Å². The molecule has 0 aliphatic heterocycles. The Bertz CT molecular complexity index is 1170. The average molecular weight is 443 g/mol. The van der Waals surface area contributed by atoms with Gasteiger partial charge in [-0.3, -0.25) is 9.78 Å². The molecule has 0 atom stereocenters. The number of nitrogens with zero attached hydrogens (tertiary/aromatic N) is 3. The van der Waals surface area contributed by atoms with Crippen molar-refractivity contribution in [2.24, 2.45) is 16.2 Å². The topological polar surface area (TPSA) is 140 Å². The number of rotatable bonds is 6. The number of amides is 3. The predicted molar refractivity (Wildman–Crippen MR) is 116 cm³/mol. The molecule has 0 unspecified atom stereocenters. The molecule has 0 spiro atoms. The standard InChI is InChI=1S/C20H19ClN6O4/c1-3-23-20(29)25-15-5-4-11(8-14(15)21)31-17-6-7-24-16-10-18(30-2)13(9-12(16)17)19(28)26-27-22/h4-10H,3H2,1-2H3,(H2,22,26,28)(H2,23,25,29). The van der Waals surface area contributed by atoms with Crippen molar-refractivity contribution in [3.63, 3.8) is 0 Å². The van der Waals surface area contributed by atoms with Gasteiger partial charge in [-0.1, -0.05) is 21.9 Å². The molecule has 3 rings (SSSR count). The highest BCUT2D eigenvalue weighted by Gasteiger charge is 2.17. The highest BCUT2D eigenvalue weighted by Crippen LogP contribution is 2.35. The molecule has 3 aromatic rings. The zero-order valence-electron chi connectivity index (χ0n) is 16.7. The van der Waals surface area contributed by atoms with E-state index in [0.717, 1.165) is 0 Å². The number of ether oxygens (including phenoxy) is 2. The molecule has 1 aromatic heterocycles. The highest BCUT2D eigenvalue weighted by atomic mass is 35.5. The van der Waals surface area contributed by atoms with Crippen LogP contribution in [0.2, 0.25) is 5.02 Å². The van der Waals surface area contributed by atoms with E-state index in [-0.39, 0.29) is 17.3 Å². The van der Waals surface area contributed by atoms with Crippen molar-refractivity contribution in [1.82, 2.24) is 10.3 Å². The summed E-state index contributed by atoms with van der Waals surface area (Å²) in [5.74, 6) is 5.45. The lowest BCUT2D eigenvalue weighted by molar-refractivity contribution is 0.0991. The van der Waals surface area contributed by atoms with Crippen LogP contribution in [0.15, 0.2) is 52.9 Å². The molecule has 160 valence electrons. The molecule has 0 saturated heterocycles. The van der Waals surface area contributed by atoms with E-state index in [2.05, 4.69) is 26.0 Å². The second-order valence-electron chi connectivity index (χ2n) is 6.13. The normalized spacial score (nSPS) is 10.8. The number of aromatic nitrogens is 1. The summed E-state index contributed by atoms with van der Waals surface area (Å²) >= 11 is 6.27. The van der Waals surface area contributed by atoms with E-state index in [0.29, 0.717) is 39.7 Å². The molecule has 0 aliphatic carbocycles. The number of pyridine rings is 1. The Labute approximate surface area is 182 Å². The lowest BCUT2D eigenvalue weighted by Gasteiger charge is -2.13. The van der Waals surface area contributed by atoms with E-state index in [4.69, 9.17) is 26.9 Å². The zero-order valence-corrected chi connectivity index (χ0v) is 17.4. The number of hydrogen-bond donors (Lipinski definition) is 3. The Morgan fingerprint density at radius 2 is 2.00 bits per heavy atom. The van der Waals surface area contributed by atoms with Gasteiger partial charge in [-0.15, -0.1) is 0 Å². The van der Waals surface area contributed by atoms with Crippen LogP contribution in [0.3, 0.4) is 0 Å². The molecule has 4 N–H and O–H groups in total. The van der Waals surface area contributed by atoms with E-state index in [9.17, 15) is 9.59 Å². The van der Waals surface area contributed by atoms with Crippen LogP contribution >= 0.6 is 11.6 Å². The van der Waals surface area contributed by atoms with Crippen molar-refractivity contribution in [1.29, 1.82) is 0 Å². The molecule has 0 saturated carbocycles. The second kappa shape index (κ2) is 9.72. The van der Waals surface area contributed by atoms with E-state index in [1.54, 1.807) is 42.6 Å². The molecule has 10 nitrogen and oxygen atoms in total. The minimum Gasteiger partial charge on any atom is -0.496 e. The smallest absolute Gasteiger partial charge is 0.319 e. The van der Waals surface area contributed by atoms with Gasteiger partial charge in [-0.05, 0) is 31.2 Å². The quantitative estimate of drug-likeness (QED) is 0.295. The van der Waals surface area contributed by atoms with Crippen molar-refractivity contribution < 1.29 is 19.1 Å². The summed E-state index contributed by atoms with van der Waals surface area (Å²) in [6, 6.07) is 9.25. The summed E-state index contributed by atoms with van der Waals surface area (Å²) < 4.78 is 11.2. The fraction of sp³-hybridized carbons (Fsp3) is 0.150. The van der Waals surface area contributed by atoms with Crippen molar-refractivity contribution in [2.45, 2.75) is 6.92 Å². The van der Waals surface area contributed by atoms with Crippen LogP contribution in [0.4, 0.5) is 10.5 Å². The monoisotopic (exact) mass is 442 g/mol. The minimum atomic E-state index is -0.667. The first-order valence-electron chi connectivity index (χ1n) is 9.11. The minimum absolute atomic E-state index is 0.154. The van der Waals surface area contributed by atoms with Crippen molar-refractivity contribution in [3.05, 3.63) is 53.2 Å². The molecule has 0 fully saturated rings. The fourth-order valence-corrected chi connectivity index (χ4v) is 3.01. The lowest BCUT2D eigenvalue weighted by Crippen LogP contribution is -2.28. The van der Waals surface area contributed by atoms with Gasteiger partial charge < -0.3 is 25.9 Å². The van der Waals surface area contributed by atoms with Crippen LogP contribution < -0.4 is 25.9 Å². The van der Waals surface area contributed by atoms with E-state index in [1.807, 2.05) is 6.92 Å². The number of hydrogen-bond acceptors (Lipinski definition) is 6. The molecule has 31 heavy (non-hydrogen) atoms. The van der Waals surface area contributed by atoms with Gasteiger partial charge in [-0.25, -0.2) is 4.79 Å². The maximum Gasteiger partial charge on any atom is 0.319 e. The number of anilines is 1. The number of nitrogens with one attached hydrogen (secondary N) is 2. The third-order valence-corrected chi connectivity index (χ3v) is 4.47. The first-order valence-corrected chi connectivity index (χ1v) is 9.48. The Morgan fingerprint density at radius 1 is 1.19 bits per heavy atom. The average Bonchev–Trinajstić information content (AvgIpc) is 2.75. The first kappa shape index (κ1) is 21.8. The second-order valence-corrected chi connectivity index (χ2v) is 6.53. The largest absolute Gasteiger partial charge is 0.496 e. The number of carbonyl (C=O) groups is 2. The molecule has 1 heterocycles. The molecule has 0 radical (unpaired) electrons. The molecular formula is C20H19ClN6O4. The first-order chi connectivity index (χ1) is 15.0. The fourth-order valence-electron chi connectivity index (χ4n) is 2.79. The maximum atomic E-state index is 12.2.